The van der Waals surface area contributed by atoms with E-state index in [-0.39, 0.29) is 5.97 Å². The van der Waals surface area contributed by atoms with Gasteiger partial charge in [0.2, 0.25) is 0 Å². The summed E-state index contributed by atoms with van der Waals surface area (Å²) in [6, 6.07) is 15.9. The first-order valence-corrected chi connectivity index (χ1v) is 6.97. The van der Waals surface area contributed by atoms with Gasteiger partial charge in [-0.15, -0.1) is 0 Å². The SMILES string of the molecule is C=C(C)C(=O)OC(c1ccccc1)c1ccc(C)c(C)c1. The Labute approximate surface area is 126 Å². The van der Waals surface area contributed by atoms with Crippen molar-refractivity contribution in [3.05, 3.63) is 82.9 Å². The number of ether oxygens (including phenoxy) is 1. The molecule has 1 atom stereocenters. The van der Waals surface area contributed by atoms with Gasteiger partial charge in [0.25, 0.3) is 0 Å². The lowest BCUT2D eigenvalue weighted by Crippen LogP contribution is -2.13. The molecule has 0 radical (unpaired) electrons. The zero-order valence-electron chi connectivity index (χ0n) is 12.7. The molecule has 0 spiro atoms. The van der Waals surface area contributed by atoms with Crippen molar-refractivity contribution in [3.8, 4) is 0 Å². The Morgan fingerprint density at radius 1 is 1.00 bits per heavy atom. The number of rotatable bonds is 4. The average molecular weight is 280 g/mol. The Morgan fingerprint density at radius 2 is 1.67 bits per heavy atom. The largest absolute Gasteiger partial charge is 0.449 e. The highest BCUT2D eigenvalue weighted by atomic mass is 16.5. The Morgan fingerprint density at radius 3 is 2.24 bits per heavy atom. The third-order valence-electron chi connectivity index (χ3n) is 3.51. The predicted octanol–water partition coefficient (Wildman–Crippen LogP) is 4.51. The molecule has 0 amide bonds. The van der Waals surface area contributed by atoms with Crippen molar-refractivity contribution in [2.45, 2.75) is 26.9 Å². The Balaban J connectivity index is 2.42. The van der Waals surface area contributed by atoms with Crippen LogP contribution in [-0.4, -0.2) is 5.97 Å². The molecular weight excluding hydrogens is 260 g/mol. The summed E-state index contributed by atoms with van der Waals surface area (Å²) in [4.78, 5) is 11.9. The van der Waals surface area contributed by atoms with Gasteiger partial charge in [0, 0.05) is 5.57 Å². The van der Waals surface area contributed by atoms with Crippen LogP contribution in [-0.2, 0) is 9.53 Å². The lowest BCUT2D eigenvalue weighted by Gasteiger charge is -2.20. The van der Waals surface area contributed by atoms with Crippen LogP contribution in [0.3, 0.4) is 0 Å². The van der Waals surface area contributed by atoms with Crippen molar-refractivity contribution >= 4 is 5.97 Å². The van der Waals surface area contributed by atoms with E-state index >= 15 is 0 Å². The number of esters is 1. The third kappa shape index (κ3) is 3.60. The molecule has 0 aliphatic heterocycles. The summed E-state index contributed by atoms with van der Waals surface area (Å²) in [6.07, 6.45) is -0.408. The molecular formula is C19H20O2. The minimum atomic E-state index is -0.408. The van der Waals surface area contributed by atoms with Gasteiger partial charge in [0.15, 0.2) is 6.10 Å². The summed E-state index contributed by atoms with van der Waals surface area (Å²) in [5.41, 5.74) is 4.73. The van der Waals surface area contributed by atoms with Crippen LogP contribution >= 0.6 is 0 Å². The number of carbonyl (C=O) groups excluding carboxylic acids is 1. The molecule has 21 heavy (non-hydrogen) atoms. The van der Waals surface area contributed by atoms with Crippen LogP contribution in [0.4, 0.5) is 0 Å². The van der Waals surface area contributed by atoms with Crippen molar-refractivity contribution in [1.29, 1.82) is 0 Å². The highest BCUT2D eigenvalue weighted by Crippen LogP contribution is 2.28. The van der Waals surface area contributed by atoms with Gasteiger partial charge in [0.05, 0.1) is 0 Å². The molecule has 0 aliphatic rings. The molecule has 1 unspecified atom stereocenters. The fourth-order valence-electron chi connectivity index (χ4n) is 2.09. The number of aryl methyl sites for hydroxylation is 2. The van der Waals surface area contributed by atoms with Crippen LogP contribution in [0.5, 0.6) is 0 Å². The standard InChI is InChI=1S/C19H20O2/c1-13(2)19(20)21-18(16-8-6-5-7-9-16)17-11-10-14(3)15(4)12-17/h5-12,18H,1H2,2-4H3. The van der Waals surface area contributed by atoms with E-state index in [1.807, 2.05) is 36.4 Å². The van der Waals surface area contributed by atoms with Gasteiger partial charge in [-0.05, 0) is 43.0 Å². The fraction of sp³-hybridized carbons (Fsp3) is 0.211. The van der Waals surface area contributed by atoms with Gasteiger partial charge in [0.1, 0.15) is 0 Å². The molecule has 2 heteroatoms. The van der Waals surface area contributed by atoms with Crippen LogP contribution in [0, 0.1) is 13.8 Å². The molecule has 0 bridgehead atoms. The van der Waals surface area contributed by atoms with Crippen molar-refractivity contribution in [3.63, 3.8) is 0 Å². The van der Waals surface area contributed by atoms with Gasteiger partial charge in [-0.25, -0.2) is 4.79 Å². The minimum Gasteiger partial charge on any atom is -0.449 e. The Bertz CT molecular complexity index is 657. The lowest BCUT2D eigenvalue weighted by atomic mass is 9.97. The first kappa shape index (κ1) is 15.0. The number of hydrogen-bond acceptors (Lipinski definition) is 2. The molecule has 2 aromatic carbocycles. The molecule has 0 saturated carbocycles. The maximum Gasteiger partial charge on any atom is 0.334 e. The summed E-state index contributed by atoms with van der Waals surface area (Å²) in [5, 5.41) is 0. The number of benzene rings is 2. The first-order chi connectivity index (χ1) is 9.99. The van der Waals surface area contributed by atoms with Crippen molar-refractivity contribution in [2.75, 3.05) is 0 Å². The van der Waals surface area contributed by atoms with Gasteiger partial charge in [-0.3, -0.25) is 0 Å². The Kier molecular flexibility index (Phi) is 4.59. The third-order valence-corrected chi connectivity index (χ3v) is 3.51. The quantitative estimate of drug-likeness (QED) is 0.608. The number of hydrogen-bond donors (Lipinski definition) is 0. The van der Waals surface area contributed by atoms with Crippen molar-refractivity contribution < 1.29 is 9.53 Å². The van der Waals surface area contributed by atoms with Crippen LogP contribution in [0.15, 0.2) is 60.7 Å². The van der Waals surface area contributed by atoms with E-state index in [0.29, 0.717) is 5.57 Å². The predicted molar refractivity (Wildman–Crippen MR) is 85.1 cm³/mol. The molecule has 0 heterocycles. The molecule has 0 aliphatic carbocycles. The second kappa shape index (κ2) is 6.40. The lowest BCUT2D eigenvalue weighted by molar-refractivity contribution is -0.142. The molecule has 0 fully saturated rings. The van der Waals surface area contributed by atoms with Crippen LogP contribution in [0.25, 0.3) is 0 Å². The van der Waals surface area contributed by atoms with E-state index < -0.39 is 6.10 Å². The van der Waals surface area contributed by atoms with Crippen molar-refractivity contribution in [1.82, 2.24) is 0 Å². The summed E-state index contributed by atoms with van der Waals surface area (Å²) in [7, 11) is 0. The van der Waals surface area contributed by atoms with E-state index in [1.54, 1.807) is 6.92 Å². The van der Waals surface area contributed by atoms with Crippen LogP contribution in [0.2, 0.25) is 0 Å². The maximum atomic E-state index is 11.9. The highest BCUT2D eigenvalue weighted by Gasteiger charge is 2.19. The summed E-state index contributed by atoms with van der Waals surface area (Å²) in [6.45, 7) is 9.43. The summed E-state index contributed by atoms with van der Waals surface area (Å²) < 4.78 is 5.64. The van der Waals surface area contributed by atoms with Crippen molar-refractivity contribution in [2.24, 2.45) is 0 Å². The van der Waals surface area contributed by atoms with E-state index in [2.05, 4.69) is 32.6 Å². The topological polar surface area (TPSA) is 26.3 Å². The zero-order chi connectivity index (χ0) is 15.4. The normalized spacial score (nSPS) is 11.8. The maximum absolute atomic E-state index is 11.9. The first-order valence-electron chi connectivity index (χ1n) is 6.97. The second-order valence-electron chi connectivity index (χ2n) is 5.32. The molecule has 0 aromatic heterocycles. The zero-order valence-corrected chi connectivity index (χ0v) is 12.7. The molecule has 2 aromatic rings. The summed E-state index contributed by atoms with van der Waals surface area (Å²) in [5.74, 6) is -0.373. The van der Waals surface area contributed by atoms with Gasteiger partial charge in [-0.2, -0.15) is 0 Å². The van der Waals surface area contributed by atoms with Gasteiger partial charge in [-0.1, -0.05) is 55.1 Å². The van der Waals surface area contributed by atoms with Crippen LogP contribution in [0.1, 0.15) is 35.3 Å². The molecule has 0 N–H and O–H groups in total. The number of carbonyl (C=O) groups is 1. The van der Waals surface area contributed by atoms with Crippen LogP contribution < -0.4 is 0 Å². The minimum absolute atomic E-state index is 0.373. The molecule has 108 valence electrons. The van der Waals surface area contributed by atoms with Gasteiger partial charge < -0.3 is 4.74 Å². The molecule has 2 rings (SSSR count). The average Bonchev–Trinajstić information content (AvgIpc) is 2.48. The smallest absolute Gasteiger partial charge is 0.334 e. The van der Waals surface area contributed by atoms with E-state index in [0.717, 1.165) is 11.1 Å². The van der Waals surface area contributed by atoms with E-state index in [9.17, 15) is 4.79 Å². The molecule has 2 nitrogen and oxygen atoms in total. The second-order valence-corrected chi connectivity index (χ2v) is 5.32. The van der Waals surface area contributed by atoms with Gasteiger partial charge >= 0.3 is 5.97 Å². The monoisotopic (exact) mass is 280 g/mol. The summed E-state index contributed by atoms with van der Waals surface area (Å²) >= 11 is 0. The molecule has 0 saturated heterocycles. The van der Waals surface area contributed by atoms with E-state index in [4.69, 9.17) is 4.74 Å². The Hall–Kier alpha value is -2.35. The fourth-order valence-corrected chi connectivity index (χ4v) is 2.09. The van der Waals surface area contributed by atoms with E-state index in [1.165, 1.54) is 11.1 Å². The highest BCUT2D eigenvalue weighted by molar-refractivity contribution is 5.87.